The number of rotatable bonds is 9. The summed E-state index contributed by atoms with van der Waals surface area (Å²) in [6, 6.07) is 15.5. The molecule has 3 N–H and O–H groups in total. The van der Waals surface area contributed by atoms with Crippen LogP contribution in [-0.2, 0) is 19.0 Å². The van der Waals surface area contributed by atoms with Crippen LogP contribution < -0.4 is 11.1 Å². The first-order valence-electron chi connectivity index (χ1n) is 11.3. The van der Waals surface area contributed by atoms with E-state index >= 15 is 0 Å². The number of benzene rings is 2. The molecule has 2 unspecified atom stereocenters. The van der Waals surface area contributed by atoms with E-state index in [1.807, 2.05) is 24.3 Å². The Morgan fingerprint density at radius 3 is 2.36 bits per heavy atom. The minimum Gasteiger partial charge on any atom is -0.448 e. The maximum absolute atomic E-state index is 13.0. The van der Waals surface area contributed by atoms with Gasteiger partial charge in [0.15, 0.2) is 0 Å². The number of amides is 2. The summed E-state index contributed by atoms with van der Waals surface area (Å²) < 4.78 is 16.0. The number of carbonyl (C=O) groups excluding carboxylic acids is 2. The van der Waals surface area contributed by atoms with Gasteiger partial charge in [-0.1, -0.05) is 48.5 Å². The van der Waals surface area contributed by atoms with Crippen molar-refractivity contribution in [1.82, 2.24) is 10.2 Å². The first kappa shape index (κ1) is 23.2. The van der Waals surface area contributed by atoms with Gasteiger partial charge in [-0.15, -0.1) is 0 Å². The van der Waals surface area contributed by atoms with Crippen molar-refractivity contribution in [3.8, 4) is 11.1 Å². The highest BCUT2D eigenvalue weighted by atomic mass is 16.6. The summed E-state index contributed by atoms with van der Waals surface area (Å²) in [5.41, 5.74) is 10.7. The van der Waals surface area contributed by atoms with Crippen LogP contribution in [0, 0.1) is 0 Å². The van der Waals surface area contributed by atoms with E-state index < -0.39 is 12.1 Å². The van der Waals surface area contributed by atoms with Gasteiger partial charge in [-0.05, 0) is 28.7 Å². The number of methoxy groups -OCH3 is 1. The summed E-state index contributed by atoms with van der Waals surface area (Å²) >= 11 is 0. The lowest BCUT2D eigenvalue weighted by molar-refractivity contribution is -0.125. The maximum Gasteiger partial charge on any atom is 0.410 e. The van der Waals surface area contributed by atoms with Crippen molar-refractivity contribution in [3.63, 3.8) is 0 Å². The van der Waals surface area contributed by atoms with Crippen LogP contribution in [-0.4, -0.2) is 75.6 Å². The molecule has 0 aromatic heterocycles. The van der Waals surface area contributed by atoms with E-state index in [0.29, 0.717) is 39.3 Å². The van der Waals surface area contributed by atoms with Crippen LogP contribution in [0.4, 0.5) is 4.79 Å². The highest BCUT2D eigenvalue weighted by molar-refractivity contribution is 5.86. The Hall–Kier alpha value is -2.94. The van der Waals surface area contributed by atoms with Crippen LogP contribution in [0.15, 0.2) is 48.5 Å². The van der Waals surface area contributed by atoms with Crippen molar-refractivity contribution in [3.05, 3.63) is 59.7 Å². The van der Waals surface area contributed by atoms with Crippen LogP contribution in [0.2, 0.25) is 0 Å². The predicted octanol–water partition coefficient (Wildman–Crippen LogP) is 2.12. The second-order valence-electron chi connectivity index (χ2n) is 8.36. The molecule has 2 aromatic carbocycles. The minimum atomic E-state index is -0.644. The van der Waals surface area contributed by atoms with E-state index in [4.69, 9.17) is 19.9 Å². The normalized spacial score (nSPS) is 19.3. The molecule has 8 heteroatoms. The number of nitrogens with one attached hydrogen (secondary N) is 1. The van der Waals surface area contributed by atoms with Crippen LogP contribution in [0.1, 0.15) is 23.5 Å². The van der Waals surface area contributed by atoms with Crippen LogP contribution >= 0.6 is 0 Å². The molecule has 0 bridgehead atoms. The molecular weight excluding hydrogens is 422 g/mol. The monoisotopic (exact) mass is 453 g/mol. The third-order valence-corrected chi connectivity index (χ3v) is 6.18. The van der Waals surface area contributed by atoms with E-state index in [0.717, 1.165) is 11.1 Å². The molecule has 1 aliphatic carbocycles. The molecule has 2 aliphatic rings. The summed E-state index contributed by atoms with van der Waals surface area (Å²) in [6.45, 7) is 2.19. The largest absolute Gasteiger partial charge is 0.448 e. The van der Waals surface area contributed by atoms with Gasteiger partial charge >= 0.3 is 6.09 Å². The standard InChI is InChI=1S/C25H31N3O5/c1-31-12-13-32-11-10-27-24(29)23-14-17(26)15-28(23)25(30)33-16-22-20-8-4-2-6-18(20)19-7-3-5-9-21(19)22/h2-9,17,22-23H,10-16,26H2,1H3,(H,27,29). The van der Waals surface area contributed by atoms with E-state index in [9.17, 15) is 9.59 Å². The Kier molecular flexibility index (Phi) is 7.59. The van der Waals surface area contributed by atoms with Crippen LogP contribution in [0.3, 0.4) is 0 Å². The zero-order valence-corrected chi connectivity index (χ0v) is 18.9. The number of nitrogens with zero attached hydrogens (tertiary/aromatic N) is 1. The lowest BCUT2D eigenvalue weighted by atomic mass is 9.98. The summed E-state index contributed by atoms with van der Waals surface area (Å²) in [4.78, 5) is 27.1. The van der Waals surface area contributed by atoms with Gasteiger partial charge < -0.3 is 25.3 Å². The second kappa shape index (κ2) is 10.8. The number of carbonyl (C=O) groups is 2. The van der Waals surface area contributed by atoms with Crippen molar-refractivity contribution in [2.24, 2.45) is 5.73 Å². The minimum absolute atomic E-state index is 0.0332. The van der Waals surface area contributed by atoms with Crippen LogP contribution in [0.25, 0.3) is 11.1 Å². The topological polar surface area (TPSA) is 103 Å². The fraction of sp³-hybridized carbons (Fsp3) is 0.440. The molecule has 176 valence electrons. The summed E-state index contributed by atoms with van der Waals surface area (Å²) in [5.74, 6) is -0.277. The van der Waals surface area contributed by atoms with Gasteiger partial charge in [-0.2, -0.15) is 0 Å². The summed E-state index contributed by atoms with van der Waals surface area (Å²) in [7, 11) is 1.60. The van der Waals surface area contributed by atoms with Gasteiger partial charge in [0.05, 0.1) is 19.8 Å². The quantitative estimate of drug-likeness (QED) is 0.564. The Morgan fingerprint density at radius 1 is 1.03 bits per heavy atom. The van der Waals surface area contributed by atoms with Crippen molar-refractivity contribution < 1.29 is 23.8 Å². The smallest absolute Gasteiger partial charge is 0.410 e. The Labute approximate surface area is 194 Å². The molecule has 2 amide bonds. The molecule has 1 aliphatic heterocycles. The molecule has 2 atom stereocenters. The molecule has 33 heavy (non-hydrogen) atoms. The number of hydrogen-bond acceptors (Lipinski definition) is 6. The number of likely N-dealkylation sites (tertiary alicyclic amines) is 1. The average molecular weight is 454 g/mol. The molecule has 0 radical (unpaired) electrons. The van der Waals surface area contributed by atoms with Gasteiger partial charge in [-0.25, -0.2) is 4.79 Å². The Morgan fingerprint density at radius 2 is 1.70 bits per heavy atom. The fourth-order valence-corrected chi connectivity index (χ4v) is 4.60. The lowest BCUT2D eigenvalue weighted by Gasteiger charge is -2.24. The Bertz CT molecular complexity index is 937. The van der Waals surface area contributed by atoms with Gasteiger partial charge in [-0.3, -0.25) is 9.69 Å². The third-order valence-electron chi connectivity index (χ3n) is 6.18. The summed E-state index contributed by atoms with van der Waals surface area (Å²) in [5, 5.41) is 2.82. The molecule has 1 fully saturated rings. The first-order chi connectivity index (χ1) is 16.1. The molecule has 0 spiro atoms. The van der Waals surface area contributed by atoms with Gasteiger partial charge in [0.1, 0.15) is 12.6 Å². The molecule has 1 heterocycles. The van der Waals surface area contributed by atoms with E-state index in [1.54, 1.807) is 7.11 Å². The molecule has 1 saturated heterocycles. The van der Waals surface area contributed by atoms with Crippen molar-refractivity contribution in [1.29, 1.82) is 0 Å². The molecule has 2 aromatic rings. The zero-order valence-electron chi connectivity index (χ0n) is 18.9. The Balaban J connectivity index is 1.35. The lowest BCUT2D eigenvalue weighted by Crippen LogP contribution is -2.47. The number of ether oxygens (including phenoxy) is 3. The van der Waals surface area contributed by atoms with E-state index in [2.05, 4.69) is 29.6 Å². The van der Waals surface area contributed by atoms with E-state index in [-0.39, 0.29) is 24.5 Å². The molecular formula is C25H31N3O5. The van der Waals surface area contributed by atoms with Crippen LogP contribution in [0.5, 0.6) is 0 Å². The maximum atomic E-state index is 13.0. The molecule has 0 saturated carbocycles. The number of fused-ring (bicyclic) bond motifs is 3. The fourth-order valence-electron chi connectivity index (χ4n) is 4.60. The van der Waals surface area contributed by atoms with Crippen molar-refractivity contribution in [2.75, 3.05) is 46.6 Å². The molecule has 8 nitrogen and oxygen atoms in total. The van der Waals surface area contributed by atoms with E-state index in [1.165, 1.54) is 16.0 Å². The second-order valence-corrected chi connectivity index (χ2v) is 8.36. The number of nitrogens with two attached hydrogens (primary N) is 1. The third kappa shape index (κ3) is 5.19. The SMILES string of the molecule is COCCOCCNC(=O)C1CC(N)CN1C(=O)OCC1c2ccccc2-c2ccccc21. The van der Waals surface area contributed by atoms with Gasteiger partial charge in [0, 0.05) is 32.2 Å². The molecule has 4 rings (SSSR count). The summed E-state index contributed by atoms with van der Waals surface area (Å²) in [6.07, 6.45) is -0.109. The van der Waals surface area contributed by atoms with Crippen molar-refractivity contribution in [2.45, 2.75) is 24.4 Å². The first-order valence-corrected chi connectivity index (χ1v) is 11.3. The van der Waals surface area contributed by atoms with Gasteiger partial charge in [0.25, 0.3) is 0 Å². The average Bonchev–Trinajstić information content (AvgIpc) is 3.38. The zero-order chi connectivity index (χ0) is 23.2. The highest BCUT2D eigenvalue weighted by Crippen LogP contribution is 2.44. The van der Waals surface area contributed by atoms with Crippen molar-refractivity contribution >= 4 is 12.0 Å². The highest BCUT2D eigenvalue weighted by Gasteiger charge is 2.39. The predicted molar refractivity (Wildman–Crippen MR) is 124 cm³/mol. The number of hydrogen-bond donors (Lipinski definition) is 2. The van der Waals surface area contributed by atoms with Gasteiger partial charge in [0.2, 0.25) is 5.91 Å².